The van der Waals surface area contributed by atoms with Gasteiger partial charge in [-0.15, -0.1) is 0 Å². The molecule has 0 aromatic heterocycles. The van der Waals surface area contributed by atoms with E-state index in [-0.39, 0.29) is 17.8 Å². The van der Waals surface area contributed by atoms with E-state index in [2.05, 4.69) is 26.0 Å². The number of ether oxygens (including phenoxy) is 1. The van der Waals surface area contributed by atoms with Crippen molar-refractivity contribution in [2.45, 2.75) is 72.1 Å². The van der Waals surface area contributed by atoms with E-state index >= 15 is 0 Å². The Labute approximate surface area is 157 Å². The summed E-state index contributed by atoms with van der Waals surface area (Å²) >= 11 is 0. The van der Waals surface area contributed by atoms with E-state index in [4.69, 9.17) is 9.84 Å². The van der Waals surface area contributed by atoms with Gasteiger partial charge in [-0.2, -0.15) is 0 Å². The van der Waals surface area contributed by atoms with Crippen LogP contribution in [0, 0.1) is 17.3 Å². The van der Waals surface area contributed by atoms with Crippen molar-refractivity contribution in [3.8, 4) is 0 Å². The van der Waals surface area contributed by atoms with E-state index in [1.54, 1.807) is 0 Å². The van der Waals surface area contributed by atoms with Gasteiger partial charge in [0.25, 0.3) is 0 Å². The van der Waals surface area contributed by atoms with Crippen molar-refractivity contribution < 1.29 is 24.2 Å². The van der Waals surface area contributed by atoms with Gasteiger partial charge in [-0.1, -0.05) is 38.8 Å². The first-order chi connectivity index (χ1) is 12.3. The normalized spacial score (nSPS) is 20.8. The average molecular weight is 366 g/mol. The second kappa shape index (κ2) is 11.3. The third kappa shape index (κ3) is 8.26. The maximum atomic E-state index is 12.2. The molecule has 0 heterocycles. The molecule has 1 saturated carbocycles. The highest BCUT2D eigenvalue weighted by molar-refractivity contribution is 6.32. The number of carbonyl (C=O) groups is 3. The summed E-state index contributed by atoms with van der Waals surface area (Å²) in [4.78, 5) is 33.7. The van der Waals surface area contributed by atoms with Gasteiger partial charge in [-0.05, 0) is 43.9 Å². The number of rotatable bonds is 13. The van der Waals surface area contributed by atoms with Crippen LogP contribution in [0.25, 0.3) is 0 Å². The van der Waals surface area contributed by atoms with Crippen molar-refractivity contribution in [2.24, 2.45) is 17.3 Å². The zero-order valence-electron chi connectivity index (χ0n) is 16.5. The van der Waals surface area contributed by atoms with Gasteiger partial charge in [-0.25, -0.2) is 4.79 Å². The topological polar surface area (TPSA) is 80.7 Å². The third-order valence-electron chi connectivity index (χ3n) is 5.06. The van der Waals surface area contributed by atoms with Crippen molar-refractivity contribution in [3.63, 3.8) is 0 Å². The van der Waals surface area contributed by atoms with Crippen LogP contribution in [0.2, 0.25) is 0 Å². The predicted octanol–water partition coefficient (Wildman–Crippen LogP) is 4.19. The Bertz CT molecular complexity index is 507. The second-order valence-corrected chi connectivity index (χ2v) is 8.04. The third-order valence-corrected chi connectivity index (χ3v) is 5.06. The van der Waals surface area contributed by atoms with Gasteiger partial charge in [0, 0.05) is 25.4 Å². The number of allylic oxidation sites excluding steroid dienone is 2. The molecule has 1 rings (SSSR count). The maximum absolute atomic E-state index is 12.2. The van der Waals surface area contributed by atoms with Crippen LogP contribution in [-0.2, 0) is 19.1 Å². The van der Waals surface area contributed by atoms with Crippen LogP contribution in [0.15, 0.2) is 12.2 Å². The number of carbonyl (C=O) groups excluding carboxylic acids is 2. The lowest BCUT2D eigenvalue weighted by molar-refractivity contribution is -0.149. The molecule has 0 radical (unpaired) electrons. The maximum Gasteiger partial charge on any atom is 0.372 e. The molecule has 1 N–H and O–H groups in total. The highest BCUT2D eigenvalue weighted by atomic mass is 16.5. The summed E-state index contributed by atoms with van der Waals surface area (Å²) in [6.45, 7) is 7.82. The lowest BCUT2D eigenvalue weighted by atomic mass is 9.86. The smallest absolute Gasteiger partial charge is 0.372 e. The molecule has 0 aromatic carbocycles. The van der Waals surface area contributed by atoms with Gasteiger partial charge < -0.3 is 9.84 Å². The Kier molecular flexibility index (Phi) is 9.78. The highest BCUT2D eigenvalue weighted by Crippen LogP contribution is 2.34. The summed E-state index contributed by atoms with van der Waals surface area (Å²) in [5, 5.41) is 8.56. The minimum absolute atomic E-state index is 0.0800. The summed E-state index contributed by atoms with van der Waals surface area (Å²) in [6, 6.07) is 0. The average Bonchev–Trinajstić information content (AvgIpc) is 2.92. The van der Waals surface area contributed by atoms with Gasteiger partial charge >= 0.3 is 5.97 Å². The molecule has 0 amide bonds. The number of carboxylic acids is 1. The van der Waals surface area contributed by atoms with Crippen LogP contribution >= 0.6 is 0 Å². The zero-order valence-corrected chi connectivity index (χ0v) is 16.5. The van der Waals surface area contributed by atoms with Crippen LogP contribution in [-0.4, -0.2) is 35.9 Å². The fourth-order valence-corrected chi connectivity index (χ4v) is 3.47. The Morgan fingerprint density at radius 3 is 2.65 bits per heavy atom. The largest absolute Gasteiger partial charge is 0.476 e. The number of unbranched alkanes of at least 4 members (excludes halogenated alkanes) is 2. The van der Waals surface area contributed by atoms with Gasteiger partial charge in [0.2, 0.25) is 5.78 Å². The van der Waals surface area contributed by atoms with E-state index in [9.17, 15) is 14.4 Å². The fraction of sp³-hybridized carbons (Fsp3) is 0.762. The standard InChI is InChI=1S/C21H34O5/c1-4-26-15-21(2,3)14-8-9-16-12-13-18(22)17(16)10-6-5-7-11-19(23)20(24)25/h8-9,16-17H,4-7,10-15H2,1-3H3,(H,24,25)/t16-,17+/m0/s1. The Morgan fingerprint density at radius 2 is 2.00 bits per heavy atom. The van der Waals surface area contributed by atoms with E-state index in [0.29, 0.717) is 24.5 Å². The van der Waals surface area contributed by atoms with Gasteiger partial charge in [0.05, 0.1) is 6.61 Å². The molecule has 1 aliphatic rings. The number of hydrogen-bond acceptors (Lipinski definition) is 4. The van der Waals surface area contributed by atoms with Gasteiger partial charge in [0.15, 0.2) is 0 Å². The van der Waals surface area contributed by atoms with Gasteiger partial charge in [-0.3, -0.25) is 9.59 Å². The molecule has 0 unspecified atom stereocenters. The molecule has 0 spiro atoms. The summed E-state index contributed by atoms with van der Waals surface area (Å²) in [5.74, 6) is -1.34. The number of carboxylic acid groups (broad SMARTS) is 1. The van der Waals surface area contributed by atoms with Crippen molar-refractivity contribution in [1.29, 1.82) is 0 Å². The first-order valence-electron chi connectivity index (χ1n) is 9.80. The van der Waals surface area contributed by atoms with Crippen LogP contribution in [0.5, 0.6) is 0 Å². The number of hydrogen-bond donors (Lipinski definition) is 1. The Morgan fingerprint density at radius 1 is 1.27 bits per heavy atom. The minimum atomic E-state index is -1.35. The fourth-order valence-electron chi connectivity index (χ4n) is 3.47. The molecule has 1 fully saturated rings. The first kappa shape index (κ1) is 22.6. The Hall–Kier alpha value is -1.49. The lowest BCUT2D eigenvalue weighted by Crippen LogP contribution is -2.18. The molecule has 0 aromatic rings. The Balaban J connectivity index is 2.37. The molecule has 5 nitrogen and oxygen atoms in total. The predicted molar refractivity (Wildman–Crippen MR) is 101 cm³/mol. The molecule has 0 bridgehead atoms. The molecule has 0 saturated heterocycles. The summed E-state index contributed by atoms with van der Waals surface area (Å²) in [5.41, 5.74) is 0.0985. The van der Waals surface area contributed by atoms with Crippen LogP contribution in [0.3, 0.4) is 0 Å². The van der Waals surface area contributed by atoms with Crippen molar-refractivity contribution in [2.75, 3.05) is 13.2 Å². The van der Waals surface area contributed by atoms with Crippen LogP contribution in [0.1, 0.15) is 72.1 Å². The second-order valence-electron chi connectivity index (χ2n) is 8.04. The molecule has 1 aliphatic carbocycles. The van der Waals surface area contributed by atoms with E-state index < -0.39 is 11.8 Å². The monoisotopic (exact) mass is 366 g/mol. The van der Waals surface area contributed by atoms with Crippen LogP contribution < -0.4 is 0 Å². The van der Waals surface area contributed by atoms with E-state index in [1.165, 1.54) is 0 Å². The highest BCUT2D eigenvalue weighted by Gasteiger charge is 2.32. The molecule has 5 heteroatoms. The van der Waals surface area contributed by atoms with E-state index in [1.807, 2.05) is 6.92 Å². The van der Waals surface area contributed by atoms with Crippen molar-refractivity contribution in [3.05, 3.63) is 12.2 Å². The minimum Gasteiger partial charge on any atom is -0.476 e. The number of aliphatic carboxylic acids is 1. The van der Waals surface area contributed by atoms with Crippen molar-refractivity contribution in [1.82, 2.24) is 0 Å². The molecular formula is C21H34O5. The molecular weight excluding hydrogens is 332 g/mol. The molecule has 0 aliphatic heterocycles. The first-order valence-corrected chi connectivity index (χ1v) is 9.80. The number of ketones is 2. The SMILES string of the molecule is CCOCC(C)(C)CC=C[C@H]1CCC(=O)[C@@H]1CCCCCC(=O)C(=O)O. The zero-order chi connectivity index (χ0) is 19.6. The summed E-state index contributed by atoms with van der Waals surface area (Å²) in [7, 11) is 0. The molecule has 2 atom stereocenters. The molecule has 26 heavy (non-hydrogen) atoms. The number of Topliss-reactive ketones (excluding diaryl/α,β-unsaturated/α-hetero) is 2. The summed E-state index contributed by atoms with van der Waals surface area (Å²) in [6.07, 6.45) is 10.1. The molecule has 148 valence electrons. The summed E-state index contributed by atoms with van der Waals surface area (Å²) < 4.78 is 5.52. The quantitative estimate of drug-likeness (QED) is 0.300. The van der Waals surface area contributed by atoms with Crippen molar-refractivity contribution >= 4 is 17.5 Å². The van der Waals surface area contributed by atoms with Gasteiger partial charge in [0.1, 0.15) is 5.78 Å². The lowest BCUT2D eigenvalue weighted by Gasteiger charge is -2.22. The van der Waals surface area contributed by atoms with Crippen LogP contribution in [0.4, 0.5) is 0 Å². The van der Waals surface area contributed by atoms with E-state index in [0.717, 1.165) is 45.3 Å².